The van der Waals surface area contributed by atoms with Crippen molar-refractivity contribution < 1.29 is 19.4 Å². The topological polar surface area (TPSA) is 88.5 Å². The van der Waals surface area contributed by atoms with Crippen molar-refractivity contribution in [3.8, 4) is 11.5 Å². The SMILES string of the molecule is O=C(O)c1ccncc1C(=O)Nc1cccc(Oc2ccccc2)c1. The first-order chi connectivity index (χ1) is 12.1. The number of aromatic carboxylic acids is 1. The number of para-hydroxylation sites is 1. The van der Waals surface area contributed by atoms with Crippen LogP contribution in [0, 0.1) is 0 Å². The lowest BCUT2D eigenvalue weighted by molar-refractivity contribution is 0.0692. The normalized spacial score (nSPS) is 10.1. The van der Waals surface area contributed by atoms with E-state index in [2.05, 4.69) is 10.3 Å². The van der Waals surface area contributed by atoms with Gasteiger partial charge in [-0.2, -0.15) is 0 Å². The maximum atomic E-state index is 12.4. The van der Waals surface area contributed by atoms with Crippen molar-refractivity contribution in [2.45, 2.75) is 0 Å². The van der Waals surface area contributed by atoms with Gasteiger partial charge in [-0.3, -0.25) is 9.78 Å². The molecule has 124 valence electrons. The van der Waals surface area contributed by atoms with Crippen LogP contribution >= 0.6 is 0 Å². The highest BCUT2D eigenvalue weighted by atomic mass is 16.5. The predicted octanol–water partition coefficient (Wildman–Crippen LogP) is 3.82. The summed E-state index contributed by atoms with van der Waals surface area (Å²) in [7, 11) is 0. The van der Waals surface area contributed by atoms with Gasteiger partial charge in [0.15, 0.2) is 0 Å². The van der Waals surface area contributed by atoms with E-state index in [0.717, 1.165) is 0 Å². The molecule has 2 N–H and O–H groups in total. The highest BCUT2D eigenvalue weighted by Gasteiger charge is 2.16. The van der Waals surface area contributed by atoms with Crippen LogP contribution in [0.2, 0.25) is 0 Å². The molecule has 0 aliphatic rings. The zero-order chi connectivity index (χ0) is 17.6. The fourth-order valence-corrected chi connectivity index (χ4v) is 2.22. The van der Waals surface area contributed by atoms with E-state index in [4.69, 9.17) is 9.84 Å². The Hall–Kier alpha value is -3.67. The second-order valence-corrected chi connectivity index (χ2v) is 5.12. The van der Waals surface area contributed by atoms with Crippen LogP contribution in [0.1, 0.15) is 20.7 Å². The molecular formula is C19H14N2O4. The van der Waals surface area contributed by atoms with E-state index in [1.54, 1.807) is 24.3 Å². The number of pyridine rings is 1. The molecule has 0 unspecified atom stereocenters. The third-order valence-electron chi connectivity index (χ3n) is 3.37. The standard InChI is InChI=1S/C19H14N2O4/c22-18(17-12-20-10-9-16(17)19(23)24)21-13-5-4-8-15(11-13)25-14-6-2-1-3-7-14/h1-12H,(H,21,22)(H,23,24). The third-order valence-corrected chi connectivity index (χ3v) is 3.37. The molecule has 1 heterocycles. The van der Waals surface area contributed by atoms with Crippen LogP contribution in [0.15, 0.2) is 73.1 Å². The number of nitrogens with one attached hydrogen (secondary N) is 1. The summed E-state index contributed by atoms with van der Waals surface area (Å²) < 4.78 is 5.71. The lowest BCUT2D eigenvalue weighted by Crippen LogP contribution is -2.16. The molecule has 0 bridgehead atoms. The predicted molar refractivity (Wildman–Crippen MR) is 92.1 cm³/mol. The summed E-state index contributed by atoms with van der Waals surface area (Å²) in [6, 6.07) is 17.4. The molecule has 1 aromatic heterocycles. The third kappa shape index (κ3) is 4.00. The molecule has 6 heteroatoms. The molecule has 3 aromatic rings. The number of carbonyl (C=O) groups is 2. The van der Waals surface area contributed by atoms with Gasteiger partial charge in [0.25, 0.3) is 5.91 Å². The Labute approximate surface area is 143 Å². The van der Waals surface area contributed by atoms with Crippen LogP contribution < -0.4 is 10.1 Å². The lowest BCUT2D eigenvalue weighted by Gasteiger charge is -2.10. The maximum Gasteiger partial charge on any atom is 0.336 e. The van der Waals surface area contributed by atoms with E-state index in [1.807, 2.05) is 30.3 Å². The van der Waals surface area contributed by atoms with Gasteiger partial charge in [0, 0.05) is 24.1 Å². The summed E-state index contributed by atoms with van der Waals surface area (Å²) >= 11 is 0. The molecule has 0 spiro atoms. The molecule has 0 aliphatic heterocycles. The fourth-order valence-electron chi connectivity index (χ4n) is 2.22. The molecule has 3 rings (SSSR count). The van der Waals surface area contributed by atoms with Crippen molar-refractivity contribution >= 4 is 17.6 Å². The zero-order valence-electron chi connectivity index (χ0n) is 13.0. The summed E-state index contributed by atoms with van der Waals surface area (Å²) in [4.78, 5) is 27.4. The quantitative estimate of drug-likeness (QED) is 0.740. The summed E-state index contributed by atoms with van der Waals surface area (Å²) in [5.74, 6) is -0.517. The molecule has 2 aromatic carbocycles. The Morgan fingerprint density at radius 2 is 1.68 bits per heavy atom. The minimum atomic E-state index is -1.19. The van der Waals surface area contributed by atoms with E-state index in [9.17, 15) is 9.59 Å². The summed E-state index contributed by atoms with van der Waals surface area (Å²) in [6.07, 6.45) is 2.55. The molecule has 0 saturated carbocycles. The van der Waals surface area contributed by atoms with Crippen LogP contribution in [-0.4, -0.2) is 22.0 Å². The molecule has 0 saturated heterocycles. The van der Waals surface area contributed by atoms with Crippen LogP contribution in [0.5, 0.6) is 11.5 Å². The number of nitrogens with zero attached hydrogens (tertiary/aromatic N) is 1. The number of carboxylic acids is 1. The van der Waals surface area contributed by atoms with Crippen LogP contribution in [0.25, 0.3) is 0 Å². The Balaban J connectivity index is 1.78. The Bertz CT molecular complexity index is 910. The number of hydrogen-bond donors (Lipinski definition) is 2. The average molecular weight is 334 g/mol. The Morgan fingerprint density at radius 3 is 2.44 bits per heavy atom. The molecule has 1 amide bonds. The molecule has 0 fully saturated rings. The fraction of sp³-hybridized carbons (Fsp3) is 0. The molecule has 6 nitrogen and oxygen atoms in total. The van der Waals surface area contributed by atoms with Crippen molar-refractivity contribution in [2.24, 2.45) is 0 Å². The van der Waals surface area contributed by atoms with Crippen molar-refractivity contribution in [3.63, 3.8) is 0 Å². The molecule has 0 aliphatic carbocycles. The number of aromatic nitrogens is 1. The number of rotatable bonds is 5. The highest BCUT2D eigenvalue weighted by molar-refractivity contribution is 6.10. The zero-order valence-corrected chi connectivity index (χ0v) is 13.0. The van der Waals surface area contributed by atoms with Gasteiger partial charge in [0.05, 0.1) is 11.1 Å². The second-order valence-electron chi connectivity index (χ2n) is 5.12. The summed E-state index contributed by atoms with van der Waals surface area (Å²) in [5.41, 5.74) is 0.368. The minimum absolute atomic E-state index is 0.00983. The molecule has 0 atom stereocenters. The van der Waals surface area contributed by atoms with Gasteiger partial charge in [-0.05, 0) is 30.3 Å². The number of amides is 1. The van der Waals surface area contributed by atoms with Crippen LogP contribution in [0.3, 0.4) is 0 Å². The lowest BCUT2D eigenvalue weighted by atomic mass is 10.1. The van der Waals surface area contributed by atoms with Gasteiger partial charge in [-0.15, -0.1) is 0 Å². The molecular weight excluding hydrogens is 320 g/mol. The first-order valence-corrected chi connectivity index (χ1v) is 7.45. The average Bonchev–Trinajstić information content (AvgIpc) is 2.63. The Kier molecular flexibility index (Phi) is 4.71. The van der Waals surface area contributed by atoms with Gasteiger partial charge in [0.1, 0.15) is 11.5 Å². The van der Waals surface area contributed by atoms with Crippen molar-refractivity contribution in [1.29, 1.82) is 0 Å². The number of hydrogen-bond acceptors (Lipinski definition) is 4. The van der Waals surface area contributed by atoms with Crippen molar-refractivity contribution in [1.82, 2.24) is 4.98 Å². The van der Waals surface area contributed by atoms with Gasteiger partial charge < -0.3 is 15.2 Å². The van der Waals surface area contributed by atoms with Gasteiger partial charge >= 0.3 is 5.97 Å². The van der Waals surface area contributed by atoms with Gasteiger partial charge in [0.2, 0.25) is 0 Å². The monoisotopic (exact) mass is 334 g/mol. The summed E-state index contributed by atoms with van der Waals surface area (Å²) in [5, 5.41) is 11.8. The minimum Gasteiger partial charge on any atom is -0.478 e. The first kappa shape index (κ1) is 16.2. The Morgan fingerprint density at radius 1 is 0.920 bits per heavy atom. The van der Waals surface area contributed by atoms with E-state index in [0.29, 0.717) is 17.2 Å². The van der Waals surface area contributed by atoms with E-state index in [1.165, 1.54) is 18.5 Å². The molecule has 25 heavy (non-hydrogen) atoms. The highest BCUT2D eigenvalue weighted by Crippen LogP contribution is 2.24. The number of benzene rings is 2. The first-order valence-electron chi connectivity index (χ1n) is 7.45. The van der Waals surface area contributed by atoms with Crippen molar-refractivity contribution in [2.75, 3.05) is 5.32 Å². The summed E-state index contributed by atoms with van der Waals surface area (Å²) in [6.45, 7) is 0. The molecule has 0 radical (unpaired) electrons. The number of anilines is 1. The van der Waals surface area contributed by atoms with Gasteiger partial charge in [-0.25, -0.2) is 4.79 Å². The number of carbonyl (C=O) groups excluding carboxylic acids is 1. The van der Waals surface area contributed by atoms with Crippen LogP contribution in [0.4, 0.5) is 5.69 Å². The van der Waals surface area contributed by atoms with E-state index in [-0.39, 0.29) is 11.1 Å². The largest absolute Gasteiger partial charge is 0.478 e. The number of ether oxygens (including phenoxy) is 1. The number of carboxylic acid groups (broad SMARTS) is 1. The van der Waals surface area contributed by atoms with Crippen molar-refractivity contribution in [3.05, 3.63) is 84.2 Å². The second kappa shape index (κ2) is 7.27. The maximum absolute atomic E-state index is 12.4. The van der Waals surface area contributed by atoms with E-state index >= 15 is 0 Å². The smallest absolute Gasteiger partial charge is 0.336 e. The van der Waals surface area contributed by atoms with Gasteiger partial charge in [-0.1, -0.05) is 24.3 Å². The van der Waals surface area contributed by atoms with E-state index < -0.39 is 11.9 Å². The van der Waals surface area contributed by atoms with Crippen LogP contribution in [-0.2, 0) is 0 Å².